The van der Waals surface area contributed by atoms with E-state index in [-0.39, 0.29) is 6.61 Å². The maximum atomic E-state index is 12.2. The van der Waals surface area contributed by atoms with E-state index in [0.29, 0.717) is 17.1 Å². The van der Waals surface area contributed by atoms with Crippen LogP contribution in [0.15, 0.2) is 47.4 Å². The van der Waals surface area contributed by atoms with Gasteiger partial charge in [0.1, 0.15) is 11.5 Å². The number of nitrogens with zero attached hydrogens (tertiary/aromatic N) is 1. The third-order valence-electron chi connectivity index (χ3n) is 3.24. The minimum atomic E-state index is -4.22. The lowest BCUT2D eigenvalue weighted by Gasteiger charge is -2.11. The van der Waals surface area contributed by atoms with Gasteiger partial charge in [-0.2, -0.15) is 0 Å². The van der Waals surface area contributed by atoms with Crippen LogP contribution in [0, 0.1) is 10.1 Å². The first-order valence-corrected chi connectivity index (χ1v) is 8.45. The van der Waals surface area contributed by atoms with Crippen LogP contribution >= 0.6 is 0 Å². The Morgan fingerprint density at radius 3 is 2.48 bits per heavy atom. The van der Waals surface area contributed by atoms with Crippen molar-refractivity contribution in [2.75, 3.05) is 14.2 Å². The van der Waals surface area contributed by atoms with Crippen LogP contribution in [-0.4, -0.2) is 27.6 Å². The van der Waals surface area contributed by atoms with Gasteiger partial charge in [-0.15, -0.1) is 0 Å². The molecule has 0 amide bonds. The molecule has 0 fully saturated rings. The monoisotopic (exact) mass is 368 g/mol. The van der Waals surface area contributed by atoms with Crippen LogP contribution < -0.4 is 14.4 Å². The molecule has 0 aromatic heterocycles. The van der Waals surface area contributed by atoms with Crippen LogP contribution in [0.2, 0.25) is 0 Å². The fraction of sp³-hybridized carbons (Fsp3) is 0.200. The number of sulfonamides is 1. The summed E-state index contributed by atoms with van der Waals surface area (Å²) >= 11 is 0. The van der Waals surface area contributed by atoms with Crippen LogP contribution in [0.25, 0.3) is 0 Å². The number of nitro groups is 1. The molecular weight excluding hydrogens is 352 g/mol. The van der Waals surface area contributed by atoms with Crippen LogP contribution in [0.3, 0.4) is 0 Å². The summed E-state index contributed by atoms with van der Waals surface area (Å²) < 4.78 is 34.7. The van der Waals surface area contributed by atoms with Crippen molar-refractivity contribution >= 4 is 15.7 Å². The minimum absolute atomic E-state index is 0.146. The zero-order chi connectivity index (χ0) is 18.4. The van der Waals surface area contributed by atoms with Gasteiger partial charge in [0.25, 0.3) is 15.7 Å². The molecule has 2 aromatic rings. The highest BCUT2D eigenvalue weighted by atomic mass is 32.2. The minimum Gasteiger partial charge on any atom is -0.497 e. The fourth-order valence-electron chi connectivity index (χ4n) is 2.04. The van der Waals surface area contributed by atoms with Gasteiger partial charge in [0, 0.05) is 17.7 Å². The van der Waals surface area contributed by atoms with Crippen LogP contribution in [0.1, 0.15) is 5.56 Å². The second kappa shape index (κ2) is 7.92. The Kier molecular flexibility index (Phi) is 5.91. The topological polar surface area (TPSA) is 117 Å². The van der Waals surface area contributed by atoms with Crippen LogP contribution in [0.5, 0.6) is 11.5 Å². The molecule has 0 heterocycles. The summed E-state index contributed by atoms with van der Waals surface area (Å²) in [6.45, 7) is -0.146. The van der Waals surface area contributed by atoms with E-state index in [4.69, 9.17) is 14.3 Å². The van der Waals surface area contributed by atoms with Crippen molar-refractivity contribution in [2.24, 2.45) is 0 Å². The van der Waals surface area contributed by atoms with Crippen molar-refractivity contribution in [2.45, 2.75) is 11.5 Å². The molecule has 0 aliphatic rings. The lowest BCUT2D eigenvalue weighted by Crippen LogP contribution is -2.24. The zero-order valence-electron chi connectivity index (χ0n) is 13.5. The first-order valence-electron chi connectivity index (χ1n) is 6.97. The Balaban J connectivity index is 2.13. The second-order valence-corrected chi connectivity index (χ2v) is 6.39. The SMILES string of the molecule is COc1ccc(CONS(=O)(=O)c2ccccc2[N+](=O)[O-])c(OC)c1. The number of methoxy groups -OCH3 is 2. The van der Waals surface area contributed by atoms with Gasteiger partial charge in [-0.1, -0.05) is 17.0 Å². The van der Waals surface area contributed by atoms with E-state index in [1.807, 2.05) is 4.89 Å². The highest BCUT2D eigenvalue weighted by Crippen LogP contribution is 2.26. The highest BCUT2D eigenvalue weighted by Gasteiger charge is 2.25. The number of ether oxygens (including phenoxy) is 2. The maximum absolute atomic E-state index is 12.2. The van der Waals surface area contributed by atoms with Gasteiger partial charge in [-0.25, -0.2) is 8.42 Å². The lowest BCUT2D eigenvalue weighted by molar-refractivity contribution is -0.387. The van der Waals surface area contributed by atoms with E-state index in [2.05, 4.69) is 0 Å². The summed E-state index contributed by atoms with van der Waals surface area (Å²) in [5.74, 6) is 1.02. The van der Waals surface area contributed by atoms with Crippen molar-refractivity contribution in [3.05, 3.63) is 58.1 Å². The molecule has 0 spiro atoms. The average Bonchev–Trinajstić information content (AvgIpc) is 2.61. The maximum Gasteiger partial charge on any atom is 0.289 e. The van der Waals surface area contributed by atoms with Crippen LogP contribution in [-0.2, 0) is 21.5 Å². The smallest absolute Gasteiger partial charge is 0.289 e. The number of para-hydroxylation sites is 1. The van der Waals surface area contributed by atoms with Crippen molar-refractivity contribution in [3.8, 4) is 11.5 Å². The summed E-state index contributed by atoms with van der Waals surface area (Å²) in [6.07, 6.45) is 0. The molecule has 134 valence electrons. The first kappa shape index (κ1) is 18.6. The third-order valence-corrected chi connectivity index (χ3v) is 4.50. The van der Waals surface area contributed by atoms with E-state index in [9.17, 15) is 18.5 Å². The fourth-order valence-corrected chi connectivity index (χ4v) is 3.02. The Hall–Kier alpha value is -2.69. The van der Waals surface area contributed by atoms with E-state index in [1.54, 1.807) is 18.2 Å². The summed E-state index contributed by atoms with van der Waals surface area (Å²) in [6, 6.07) is 9.91. The predicted octanol–water partition coefficient (Wildman–Crippen LogP) is 2.02. The van der Waals surface area contributed by atoms with Gasteiger partial charge >= 0.3 is 0 Å². The predicted molar refractivity (Wildman–Crippen MR) is 87.8 cm³/mol. The molecule has 2 aromatic carbocycles. The van der Waals surface area contributed by atoms with Gasteiger partial charge in [0.15, 0.2) is 4.90 Å². The number of hydrogen-bond donors (Lipinski definition) is 1. The van der Waals surface area contributed by atoms with Gasteiger partial charge in [-0.3, -0.25) is 15.0 Å². The van der Waals surface area contributed by atoms with E-state index < -0.39 is 25.5 Å². The lowest BCUT2D eigenvalue weighted by atomic mass is 10.2. The molecule has 9 nitrogen and oxygen atoms in total. The largest absolute Gasteiger partial charge is 0.497 e. The number of nitrogens with one attached hydrogen (secondary N) is 1. The average molecular weight is 368 g/mol. The molecule has 0 atom stereocenters. The molecule has 0 aliphatic heterocycles. The molecule has 0 saturated heterocycles. The van der Waals surface area contributed by atoms with Gasteiger partial charge < -0.3 is 9.47 Å². The van der Waals surface area contributed by atoms with Gasteiger partial charge in [-0.05, 0) is 18.2 Å². The Bertz CT molecular complexity index is 868. The standard InChI is InChI=1S/C15H16N2O7S/c1-22-12-8-7-11(14(9-12)23-2)10-24-16-25(20,21)15-6-4-3-5-13(15)17(18)19/h3-9,16H,10H2,1-2H3. The van der Waals surface area contributed by atoms with Gasteiger partial charge in [0.05, 0.1) is 25.7 Å². The highest BCUT2D eigenvalue weighted by molar-refractivity contribution is 7.89. The molecule has 0 unspecified atom stereocenters. The molecular formula is C15H16N2O7S. The summed E-state index contributed by atoms with van der Waals surface area (Å²) in [4.78, 5) is 16.6. The molecule has 10 heteroatoms. The van der Waals surface area contributed by atoms with E-state index in [1.165, 1.54) is 26.4 Å². The summed E-state index contributed by atoms with van der Waals surface area (Å²) in [5.41, 5.74) is 0.0224. The number of benzene rings is 2. The third kappa shape index (κ3) is 4.44. The summed E-state index contributed by atoms with van der Waals surface area (Å²) in [7, 11) is -1.26. The molecule has 2 rings (SSSR count). The Labute approximate surface area is 144 Å². The first-order chi connectivity index (χ1) is 11.9. The van der Waals surface area contributed by atoms with Crippen molar-refractivity contribution in [1.82, 2.24) is 4.89 Å². The number of nitro benzene ring substituents is 1. The Morgan fingerprint density at radius 2 is 1.84 bits per heavy atom. The quantitative estimate of drug-likeness (QED) is 0.559. The van der Waals surface area contributed by atoms with Crippen molar-refractivity contribution in [3.63, 3.8) is 0 Å². The Morgan fingerprint density at radius 1 is 1.12 bits per heavy atom. The van der Waals surface area contributed by atoms with Gasteiger partial charge in [0.2, 0.25) is 0 Å². The molecule has 25 heavy (non-hydrogen) atoms. The zero-order valence-corrected chi connectivity index (χ0v) is 14.3. The molecule has 0 radical (unpaired) electrons. The normalized spacial score (nSPS) is 11.1. The molecule has 0 saturated carbocycles. The second-order valence-electron chi connectivity index (χ2n) is 4.78. The van der Waals surface area contributed by atoms with Crippen LogP contribution in [0.4, 0.5) is 5.69 Å². The molecule has 0 aliphatic carbocycles. The molecule has 1 N–H and O–H groups in total. The van der Waals surface area contributed by atoms with E-state index >= 15 is 0 Å². The van der Waals surface area contributed by atoms with Crippen molar-refractivity contribution < 1.29 is 27.7 Å². The van der Waals surface area contributed by atoms with Crippen molar-refractivity contribution in [1.29, 1.82) is 0 Å². The van der Waals surface area contributed by atoms with E-state index in [0.717, 1.165) is 12.1 Å². The summed E-state index contributed by atoms with van der Waals surface area (Å²) in [5, 5.41) is 11.0. The number of hydrogen-bond acceptors (Lipinski definition) is 7. The molecule has 0 bridgehead atoms. The number of rotatable bonds is 8.